The number of pyridine rings is 1. The van der Waals surface area contributed by atoms with Crippen molar-refractivity contribution in [2.75, 3.05) is 5.75 Å². The molecule has 2 heterocycles. The number of thioether (sulfide) groups is 1. The second-order valence-electron chi connectivity index (χ2n) is 5.73. The number of benzene rings is 1. The van der Waals surface area contributed by atoms with Crippen LogP contribution in [0.15, 0.2) is 53.7 Å². The van der Waals surface area contributed by atoms with Crippen LogP contribution in [0.2, 0.25) is 0 Å². The van der Waals surface area contributed by atoms with Gasteiger partial charge in [-0.05, 0) is 42.9 Å². The van der Waals surface area contributed by atoms with Crippen LogP contribution in [0.3, 0.4) is 0 Å². The van der Waals surface area contributed by atoms with Gasteiger partial charge in [-0.2, -0.15) is 0 Å². The quantitative estimate of drug-likeness (QED) is 0.432. The molecule has 0 aliphatic carbocycles. The van der Waals surface area contributed by atoms with Gasteiger partial charge in [0.05, 0.1) is 16.1 Å². The maximum Gasteiger partial charge on any atom is 0.107 e. The summed E-state index contributed by atoms with van der Waals surface area (Å²) < 4.78 is 0. The van der Waals surface area contributed by atoms with Crippen LogP contribution in [0.25, 0.3) is 11.0 Å². The minimum Gasteiger partial charge on any atom is -0.342 e. The predicted molar refractivity (Wildman–Crippen MR) is 97.8 cm³/mol. The van der Waals surface area contributed by atoms with Crippen molar-refractivity contribution in [3.05, 3.63) is 54.5 Å². The fourth-order valence-corrected chi connectivity index (χ4v) is 3.53. The summed E-state index contributed by atoms with van der Waals surface area (Å²) in [4.78, 5) is 12.4. The number of aromatic amines is 1. The van der Waals surface area contributed by atoms with Gasteiger partial charge in [0, 0.05) is 12.6 Å². The summed E-state index contributed by atoms with van der Waals surface area (Å²) in [5, 5.41) is 1.14. The molecular formula is C19H23N3S. The van der Waals surface area contributed by atoms with E-state index in [-0.39, 0.29) is 0 Å². The molecule has 0 amide bonds. The van der Waals surface area contributed by atoms with Crippen LogP contribution in [0, 0.1) is 0 Å². The van der Waals surface area contributed by atoms with Crippen LogP contribution in [-0.4, -0.2) is 20.7 Å². The van der Waals surface area contributed by atoms with Crippen molar-refractivity contribution in [1.82, 2.24) is 15.0 Å². The zero-order valence-corrected chi connectivity index (χ0v) is 14.2. The fraction of sp³-hybridized carbons (Fsp3) is 0.368. The number of hydrogen-bond acceptors (Lipinski definition) is 3. The van der Waals surface area contributed by atoms with Gasteiger partial charge >= 0.3 is 0 Å². The van der Waals surface area contributed by atoms with Crippen LogP contribution in [0.5, 0.6) is 0 Å². The molecule has 0 aliphatic rings. The van der Waals surface area contributed by atoms with Crippen LogP contribution in [-0.2, 0) is 6.42 Å². The van der Waals surface area contributed by atoms with E-state index >= 15 is 0 Å². The van der Waals surface area contributed by atoms with Crippen molar-refractivity contribution in [3.8, 4) is 0 Å². The SMILES string of the molecule is c1ccc(SCCCCCCCc2nc3ccccc3[nH]2)nc1. The molecule has 4 heteroatoms. The molecule has 23 heavy (non-hydrogen) atoms. The molecule has 0 saturated carbocycles. The smallest absolute Gasteiger partial charge is 0.107 e. The van der Waals surface area contributed by atoms with Gasteiger partial charge in [0.1, 0.15) is 5.82 Å². The van der Waals surface area contributed by atoms with Gasteiger partial charge in [-0.1, -0.05) is 37.5 Å². The first kappa shape index (κ1) is 16.1. The highest BCUT2D eigenvalue weighted by atomic mass is 32.2. The van der Waals surface area contributed by atoms with E-state index in [1.54, 1.807) is 0 Å². The number of para-hydroxylation sites is 2. The van der Waals surface area contributed by atoms with Crippen LogP contribution >= 0.6 is 11.8 Å². The first-order valence-electron chi connectivity index (χ1n) is 8.39. The standard InChI is InChI=1S/C19H23N3S/c1(3-9-15-23-19-13-7-8-14-20-19)2-4-12-18-21-16-10-5-6-11-17(16)22-18/h5-8,10-11,13-14H,1-4,9,12,15H2,(H,21,22). The van der Waals surface area contributed by atoms with Gasteiger partial charge in [0.25, 0.3) is 0 Å². The minimum absolute atomic E-state index is 1.05. The summed E-state index contributed by atoms with van der Waals surface area (Å²) in [7, 11) is 0. The molecule has 0 atom stereocenters. The van der Waals surface area contributed by atoms with E-state index in [4.69, 9.17) is 0 Å². The van der Waals surface area contributed by atoms with Gasteiger partial charge in [-0.15, -0.1) is 11.8 Å². The number of unbranched alkanes of at least 4 members (excludes halogenated alkanes) is 4. The average Bonchev–Trinajstić information content (AvgIpc) is 3.01. The van der Waals surface area contributed by atoms with Gasteiger partial charge in [-0.25, -0.2) is 9.97 Å². The first-order valence-corrected chi connectivity index (χ1v) is 9.38. The average molecular weight is 325 g/mol. The number of rotatable bonds is 9. The second-order valence-corrected chi connectivity index (χ2v) is 6.85. The van der Waals surface area contributed by atoms with E-state index in [9.17, 15) is 0 Å². The molecule has 0 aliphatic heterocycles. The Hall–Kier alpha value is -1.81. The van der Waals surface area contributed by atoms with E-state index < -0.39 is 0 Å². The zero-order chi connectivity index (χ0) is 15.7. The second kappa shape index (κ2) is 8.73. The lowest BCUT2D eigenvalue weighted by atomic mass is 10.1. The predicted octanol–water partition coefficient (Wildman–Crippen LogP) is 5.24. The van der Waals surface area contributed by atoms with E-state index in [0.717, 1.165) is 28.3 Å². The molecule has 3 nitrogen and oxygen atoms in total. The van der Waals surface area contributed by atoms with Crippen LogP contribution in [0.4, 0.5) is 0 Å². The molecule has 0 bridgehead atoms. The third kappa shape index (κ3) is 5.10. The molecule has 3 aromatic rings. The molecule has 3 rings (SSSR count). The summed E-state index contributed by atoms with van der Waals surface area (Å²) in [6, 6.07) is 14.3. The monoisotopic (exact) mass is 325 g/mol. The lowest BCUT2D eigenvalue weighted by molar-refractivity contribution is 0.627. The maximum absolute atomic E-state index is 4.63. The summed E-state index contributed by atoms with van der Waals surface area (Å²) in [6.45, 7) is 0. The number of H-pyrrole nitrogens is 1. The number of aryl methyl sites for hydroxylation is 1. The number of nitrogens with one attached hydrogen (secondary N) is 1. The van der Waals surface area contributed by atoms with Crippen molar-refractivity contribution in [2.24, 2.45) is 0 Å². The topological polar surface area (TPSA) is 41.6 Å². The maximum atomic E-state index is 4.63. The fourth-order valence-electron chi connectivity index (χ4n) is 2.66. The summed E-state index contributed by atoms with van der Waals surface area (Å²) in [6.07, 6.45) is 9.30. The lowest BCUT2D eigenvalue weighted by Crippen LogP contribution is -1.89. The van der Waals surface area contributed by atoms with E-state index in [1.165, 1.54) is 37.9 Å². The molecule has 0 unspecified atom stereocenters. The van der Waals surface area contributed by atoms with Gasteiger partial charge in [-0.3, -0.25) is 0 Å². The number of nitrogens with zero attached hydrogens (tertiary/aromatic N) is 2. The van der Waals surface area contributed by atoms with E-state index in [0.29, 0.717) is 0 Å². The Labute approximate surface area is 141 Å². The third-order valence-corrected chi connectivity index (χ3v) is 4.91. The molecule has 2 aromatic heterocycles. The van der Waals surface area contributed by atoms with Crippen molar-refractivity contribution in [2.45, 2.75) is 43.6 Å². The molecule has 1 N–H and O–H groups in total. The van der Waals surface area contributed by atoms with Crippen LogP contribution < -0.4 is 0 Å². The summed E-state index contributed by atoms with van der Waals surface area (Å²) in [5.74, 6) is 2.29. The Kier molecular flexibility index (Phi) is 6.09. The molecule has 0 radical (unpaired) electrons. The minimum atomic E-state index is 1.05. The van der Waals surface area contributed by atoms with Gasteiger partial charge in [0.15, 0.2) is 0 Å². The molecule has 1 aromatic carbocycles. The van der Waals surface area contributed by atoms with Crippen LogP contribution in [0.1, 0.15) is 37.9 Å². The molecular weight excluding hydrogens is 302 g/mol. The van der Waals surface area contributed by atoms with Crippen molar-refractivity contribution >= 4 is 22.8 Å². The Morgan fingerprint density at radius 2 is 1.70 bits per heavy atom. The highest BCUT2D eigenvalue weighted by Crippen LogP contribution is 2.17. The molecule has 0 spiro atoms. The third-order valence-electron chi connectivity index (χ3n) is 3.88. The molecule has 120 valence electrons. The van der Waals surface area contributed by atoms with E-state index in [1.807, 2.05) is 42.2 Å². The number of imidazole rings is 1. The van der Waals surface area contributed by atoms with Gasteiger partial charge in [0.2, 0.25) is 0 Å². The summed E-state index contributed by atoms with van der Waals surface area (Å²) >= 11 is 1.86. The Morgan fingerprint density at radius 3 is 2.57 bits per heavy atom. The first-order chi connectivity index (χ1) is 11.4. The van der Waals surface area contributed by atoms with Gasteiger partial charge < -0.3 is 4.98 Å². The largest absolute Gasteiger partial charge is 0.342 e. The number of hydrogen-bond donors (Lipinski definition) is 1. The van der Waals surface area contributed by atoms with E-state index in [2.05, 4.69) is 33.2 Å². The highest BCUT2D eigenvalue weighted by molar-refractivity contribution is 7.99. The molecule has 0 fully saturated rings. The lowest BCUT2D eigenvalue weighted by Gasteiger charge is -2.01. The number of fused-ring (bicyclic) bond motifs is 1. The normalized spacial score (nSPS) is 11.1. The summed E-state index contributed by atoms with van der Waals surface area (Å²) in [5.41, 5.74) is 2.23. The highest BCUT2D eigenvalue weighted by Gasteiger charge is 2.01. The Bertz CT molecular complexity index is 676. The molecule has 0 saturated heterocycles. The Balaban J connectivity index is 1.26. The zero-order valence-electron chi connectivity index (χ0n) is 13.4. The van der Waals surface area contributed by atoms with Crippen molar-refractivity contribution in [3.63, 3.8) is 0 Å². The Morgan fingerprint density at radius 1 is 0.870 bits per heavy atom. The number of aromatic nitrogens is 3. The van der Waals surface area contributed by atoms with Crippen molar-refractivity contribution in [1.29, 1.82) is 0 Å². The van der Waals surface area contributed by atoms with Crippen molar-refractivity contribution < 1.29 is 0 Å².